The van der Waals surface area contributed by atoms with Crippen molar-refractivity contribution in [1.29, 1.82) is 0 Å². The number of carbonyl (C=O) groups excluding carboxylic acids is 1. The number of likely N-dealkylation sites (tertiary alicyclic amines) is 1. The molecule has 0 bridgehead atoms. The molecule has 1 aliphatic heterocycles. The third kappa shape index (κ3) is 2.65. The van der Waals surface area contributed by atoms with E-state index in [4.69, 9.17) is 5.73 Å². The van der Waals surface area contributed by atoms with E-state index in [-0.39, 0.29) is 18.0 Å². The molecule has 7 heteroatoms. The van der Waals surface area contributed by atoms with Gasteiger partial charge in [0.15, 0.2) is 0 Å². The molecular formula is C16H18BrFN2O3. The first-order valence-corrected chi connectivity index (χ1v) is 8.36. The summed E-state index contributed by atoms with van der Waals surface area (Å²) in [5.74, 6) is -2.03. The highest BCUT2D eigenvalue weighted by atomic mass is 79.9. The van der Waals surface area contributed by atoms with Gasteiger partial charge >= 0.3 is 5.97 Å². The number of hydrogen-bond donors (Lipinski definition) is 2. The van der Waals surface area contributed by atoms with E-state index in [2.05, 4.69) is 15.9 Å². The number of benzene rings is 1. The van der Waals surface area contributed by atoms with Crippen LogP contribution in [0.4, 0.5) is 4.39 Å². The Morgan fingerprint density at radius 3 is 2.78 bits per heavy atom. The molecule has 2 fully saturated rings. The maximum atomic E-state index is 14.3. The normalized spacial score (nSPS) is 28.5. The summed E-state index contributed by atoms with van der Waals surface area (Å²) in [6.07, 6.45) is 2.29. The lowest BCUT2D eigenvalue weighted by molar-refractivity contribution is -0.149. The van der Waals surface area contributed by atoms with Crippen molar-refractivity contribution < 1.29 is 19.1 Å². The minimum atomic E-state index is -0.940. The molecule has 124 valence electrons. The van der Waals surface area contributed by atoms with Crippen LogP contribution in [0.3, 0.4) is 0 Å². The minimum absolute atomic E-state index is 0.0136. The Morgan fingerprint density at radius 1 is 1.48 bits per heavy atom. The molecule has 1 aromatic carbocycles. The second-order valence-electron chi connectivity index (χ2n) is 6.45. The summed E-state index contributed by atoms with van der Waals surface area (Å²) in [6, 6.07) is 3.52. The monoisotopic (exact) mass is 384 g/mol. The van der Waals surface area contributed by atoms with E-state index in [0.717, 1.165) is 12.8 Å². The van der Waals surface area contributed by atoms with Crippen LogP contribution in [0.5, 0.6) is 0 Å². The number of nitrogens with zero attached hydrogens (tertiary/aromatic N) is 1. The summed E-state index contributed by atoms with van der Waals surface area (Å²) in [7, 11) is 0. The Kier molecular flexibility index (Phi) is 4.18. The second kappa shape index (κ2) is 5.87. The Bertz CT molecular complexity index is 669. The van der Waals surface area contributed by atoms with E-state index in [1.807, 2.05) is 0 Å². The maximum Gasteiger partial charge on any atom is 0.311 e. The maximum absolute atomic E-state index is 14.3. The van der Waals surface area contributed by atoms with Crippen molar-refractivity contribution in [1.82, 2.24) is 4.90 Å². The fourth-order valence-corrected chi connectivity index (χ4v) is 4.46. The summed E-state index contributed by atoms with van der Waals surface area (Å²) >= 11 is 3.19. The fraction of sp³-hybridized carbons (Fsp3) is 0.500. The van der Waals surface area contributed by atoms with Gasteiger partial charge in [-0.3, -0.25) is 14.5 Å². The number of primary amides is 1. The van der Waals surface area contributed by atoms with Crippen molar-refractivity contribution in [3.63, 3.8) is 0 Å². The quantitative estimate of drug-likeness (QED) is 0.833. The molecule has 1 unspecified atom stereocenters. The zero-order valence-electron chi connectivity index (χ0n) is 12.5. The molecular weight excluding hydrogens is 367 g/mol. The lowest BCUT2D eigenvalue weighted by Gasteiger charge is -2.28. The number of rotatable bonds is 4. The van der Waals surface area contributed by atoms with Gasteiger partial charge in [-0.25, -0.2) is 4.39 Å². The van der Waals surface area contributed by atoms with Gasteiger partial charge in [0.25, 0.3) is 0 Å². The summed E-state index contributed by atoms with van der Waals surface area (Å²) in [5, 5.41) is 9.65. The molecule has 3 atom stereocenters. The van der Waals surface area contributed by atoms with Gasteiger partial charge in [0, 0.05) is 23.1 Å². The smallest absolute Gasteiger partial charge is 0.311 e. The molecule has 0 radical (unpaired) electrons. The number of fused-ring (bicyclic) bond motifs is 1. The third-order valence-electron chi connectivity index (χ3n) is 5.21. The number of hydrogen-bond acceptors (Lipinski definition) is 3. The molecule has 5 nitrogen and oxygen atoms in total. The van der Waals surface area contributed by atoms with Gasteiger partial charge in [-0.2, -0.15) is 0 Å². The first-order valence-electron chi connectivity index (χ1n) is 7.57. The molecule has 1 aromatic rings. The van der Waals surface area contributed by atoms with Crippen LogP contribution in [0.1, 0.15) is 30.9 Å². The number of carboxylic acid groups (broad SMARTS) is 1. The molecule has 3 N–H and O–H groups in total. The first kappa shape index (κ1) is 16.4. The van der Waals surface area contributed by atoms with Gasteiger partial charge in [-0.05, 0) is 30.9 Å². The van der Waals surface area contributed by atoms with Crippen molar-refractivity contribution in [3.05, 3.63) is 34.1 Å². The Morgan fingerprint density at radius 2 is 2.22 bits per heavy atom. The Labute approximate surface area is 141 Å². The standard InChI is InChI=1S/C16H18BrFN2O3/c17-10-3-4-11(12(18)6-10)13(14(19)21)20-7-9-2-1-5-16(9,8-20)15(22)23/h3-4,6,9,13H,1-2,5,7-8H2,(H2,19,21)(H,22,23)/t9-,13?,16+/m0/s1. The number of nitrogens with two attached hydrogens (primary N) is 1. The van der Waals surface area contributed by atoms with Gasteiger partial charge in [-0.15, -0.1) is 0 Å². The highest BCUT2D eigenvalue weighted by molar-refractivity contribution is 9.10. The van der Waals surface area contributed by atoms with Crippen LogP contribution < -0.4 is 5.73 Å². The van der Waals surface area contributed by atoms with Gasteiger partial charge in [-0.1, -0.05) is 28.4 Å². The topological polar surface area (TPSA) is 83.6 Å². The number of amides is 1. The van der Waals surface area contributed by atoms with Gasteiger partial charge < -0.3 is 10.8 Å². The summed E-state index contributed by atoms with van der Waals surface area (Å²) in [5.41, 5.74) is 4.88. The minimum Gasteiger partial charge on any atom is -0.481 e. The Balaban J connectivity index is 1.95. The molecule has 1 amide bonds. The van der Waals surface area contributed by atoms with Crippen LogP contribution >= 0.6 is 15.9 Å². The van der Waals surface area contributed by atoms with Crippen LogP contribution in [0.15, 0.2) is 22.7 Å². The van der Waals surface area contributed by atoms with Crippen LogP contribution in [0.2, 0.25) is 0 Å². The van der Waals surface area contributed by atoms with Crippen molar-refractivity contribution in [2.45, 2.75) is 25.3 Å². The zero-order valence-corrected chi connectivity index (χ0v) is 14.1. The van der Waals surface area contributed by atoms with Crippen molar-refractivity contribution >= 4 is 27.8 Å². The van der Waals surface area contributed by atoms with Crippen LogP contribution in [0, 0.1) is 17.2 Å². The van der Waals surface area contributed by atoms with Gasteiger partial charge in [0.05, 0.1) is 5.41 Å². The predicted octanol–water partition coefficient (Wildman–Crippen LogP) is 2.30. The molecule has 1 aliphatic carbocycles. The highest BCUT2D eigenvalue weighted by Gasteiger charge is 2.56. The zero-order chi connectivity index (χ0) is 16.8. The Hall–Kier alpha value is -1.47. The molecule has 0 aromatic heterocycles. The molecule has 0 spiro atoms. The SMILES string of the molecule is NC(=O)C(c1ccc(Br)cc1F)N1C[C@@H]2CCC[C@@]2(C(=O)O)C1. The summed E-state index contributed by atoms with van der Waals surface area (Å²) in [4.78, 5) is 25.5. The van der Waals surface area contributed by atoms with E-state index < -0.39 is 29.2 Å². The molecule has 1 saturated heterocycles. The predicted molar refractivity (Wildman–Crippen MR) is 85.0 cm³/mol. The van der Waals surface area contributed by atoms with Gasteiger partial charge in [0.1, 0.15) is 11.9 Å². The van der Waals surface area contributed by atoms with Crippen LogP contribution in [-0.2, 0) is 9.59 Å². The van der Waals surface area contributed by atoms with Crippen molar-refractivity contribution in [2.75, 3.05) is 13.1 Å². The largest absolute Gasteiger partial charge is 0.481 e. The average molecular weight is 385 g/mol. The number of carbonyl (C=O) groups is 2. The summed E-state index contributed by atoms with van der Waals surface area (Å²) in [6.45, 7) is 0.686. The molecule has 1 heterocycles. The molecule has 3 rings (SSSR count). The molecule has 2 aliphatic rings. The highest BCUT2D eigenvalue weighted by Crippen LogP contribution is 2.50. The molecule has 1 saturated carbocycles. The van der Waals surface area contributed by atoms with Crippen LogP contribution in [0.25, 0.3) is 0 Å². The fourth-order valence-electron chi connectivity index (χ4n) is 4.13. The lowest BCUT2D eigenvalue weighted by Crippen LogP contribution is -2.40. The van der Waals surface area contributed by atoms with Crippen LogP contribution in [-0.4, -0.2) is 35.0 Å². The lowest BCUT2D eigenvalue weighted by atomic mass is 9.81. The van der Waals surface area contributed by atoms with E-state index in [9.17, 15) is 19.1 Å². The number of halogens is 2. The number of aliphatic carboxylic acids is 1. The first-order chi connectivity index (χ1) is 10.8. The van der Waals surface area contributed by atoms with Crippen molar-refractivity contribution in [2.24, 2.45) is 17.1 Å². The van der Waals surface area contributed by atoms with E-state index in [1.165, 1.54) is 12.1 Å². The van der Waals surface area contributed by atoms with Crippen molar-refractivity contribution in [3.8, 4) is 0 Å². The molecule has 23 heavy (non-hydrogen) atoms. The van der Waals surface area contributed by atoms with E-state index >= 15 is 0 Å². The summed E-state index contributed by atoms with van der Waals surface area (Å²) < 4.78 is 14.8. The van der Waals surface area contributed by atoms with Gasteiger partial charge in [0.2, 0.25) is 5.91 Å². The van der Waals surface area contributed by atoms with E-state index in [1.54, 1.807) is 11.0 Å². The third-order valence-corrected chi connectivity index (χ3v) is 5.71. The second-order valence-corrected chi connectivity index (χ2v) is 7.37. The number of carboxylic acids is 1. The average Bonchev–Trinajstić information content (AvgIpc) is 2.99. The van der Waals surface area contributed by atoms with E-state index in [0.29, 0.717) is 17.4 Å².